The van der Waals surface area contributed by atoms with Crippen LogP contribution in [0.3, 0.4) is 0 Å². The molecular weight excluding hydrogens is 303 g/mol. The SMILES string of the molecule is CN(CC1CCCCN1)S(=O)(=O)c1cc(F)ccc1Cl. The van der Waals surface area contributed by atoms with E-state index >= 15 is 0 Å². The van der Waals surface area contributed by atoms with Crippen LogP contribution in [0.4, 0.5) is 4.39 Å². The molecule has 0 aromatic heterocycles. The van der Waals surface area contributed by atoms with Gasteiger partial charge in [-0.1, -0.05) is 18.0 Å². The standard InChI is InChI=1S/C13H18ClFN2O2S/c1-17(9-11-4-2-3-7-16-11)20(18,19)13-8-10(15)5-6-12(13)14/h5-6,8,11,16H,2-4,7,9H2,1H3. The molecule has 2 rings (SSSR count). The molecule has 1 heterocycles. The molecule has 0 amide bonds. The number of piperidine rings is 1. The van der Waals surface area contributed by atoms with E-state index in [1.807, 2.05) is 0 Å². The van der Waals surface area contributed by atoms with Crippen molar-refractivity contribution in [2.75, 3.05) is 20.1 Å². The number of nitrogens with zero attached hydrogens (tertiary/aromatic N) is 1. The first-order valence-electron chi connectivity index (χ1n) is 6.56. The maximum absolute atomic E-state index is 13.2. The molecule has 112 valence electrons. The fourth-order valence-corrected chi connectivity index (χ4v) is 4.03. The Morgan fingerprint density at radius 3 is 2.85 bits per heavy atom. The number of rotatable bonds is 4. The van der Waals surface area contributed by atoms with E-state index in [0.717, 1.165) is 37.9 Å². The van der Waals surface area contributed by atoms with Crippen LogP contribution < -0.4 is 5.32 Å². The molecule has 1 N–H and O–H groups in total. The fourth-order valence-electron chi connectivity index (χ4n) is 2.33. The van der Waals surface area contributed by atoms with Gasteiger partial charge < -0.3 is 5.32 Å². The summed E-state index contributed by atoms with van der Waals surface area (Å²) < 4.78 is 39.3. The second-order valence-corrected chi connectivity index (χ2v) is 7.43. The number of nitrogens with one attached hydrogen (secondary N) is 1. The molecule has 1 aromatic rings. The summed E-state index contributed by atoms with van der Waals surface area (Å²) in [6.07, 6.45) is 3.14. The fraction of sp³-hybridized carbons (Fsp3) is 0.538. The minimum atomic E-state index is -3.77. The maximum atomic E-state index is 13.2. The molecule has 1 atom stereocenters. The highest BCUT2D eigenvalue weighted by atomic mass is 35.5. The smallest absolute Gasteiger partial charge is 0.244 e. The van der Waals surface area contributed by atoms with E-state index in [9.17, 15) is 12.8 Å². The molecule has 1 aliphatic heterocycles. The molecule has 1 saturated heterocycles. The van der Waals surface area contributed by atoms with Crippen molar-refractivity contribution in [3.8, 4) is 0 Å². The molecular formula is C13H18ClFN2O2S. The predicted octanol–water partition coefficient (Wildman–Crippen LogP) is 2.24. The van der Waals surface area contributed by atoms with Gasteiger partial charge in [-0.2, -0.15) is 4.31 Å². The minimum Gasteiger partial charge on any atom is -0.313 e. The monoisotopic (exact) mass is 320 g/mol. The first-order chi connectivity index (χ1) is 9.41. The summed E-state index contributed by atoms with van der Waals surface area (Å²) in [6, 6.07) is 3.50. The van der Waals surface area contributed by atoms with Crippen molar-refractivity contribution in [1.29, 1.82) is 0 Å². The van der Waals surface area contributed by atoms with Crippen LogP contribution in [0, 0.1) is 5.82 Å². The van der Waals surface area contributed by atoms with Crippen LogP contribution >= 0.6 is 11.6 Å². The summed E-state index contributed by atoms with van der Waals surface area (Å²) in [5, 5.41) is 3.32. The van der Waals surface area contributed by atoms with E-state index < -0.39 is 15.8 Å². The molecule has 20 heavy (non-hydrogen) atoms. The Hall–Kier alpha value is -0.690. The van der Waals surface area contributed by atoms with Crippen molar-refractivity contribution in [2.45, 2.75) is 30.2 Å². The van der Waals surface area contributed by atoms with Gasteiger partial charge in [-0.3, -0.25) is 0 Å². The molecule has 4 nitrogen and oxygen atoms in total. The van der Waals surface area contributed by atoms with E-state index in [4.69, 9.17) is 11.6 Å². The zero-order valence-electron chi connectivity index (χ0n) is 11.3. The zero-order valence-corrected chi connectivity index (χ0v) is 12.8. The summed E-state index contributed by atoms with van der Waals surface area (Å²) in [5.41, 5.74) is 0. The number of hydrogen-bond acceptors (Lipinski definition) is 3. The topological polar surface area (TPSA) is 49.4 Å². The Balaban J connectivity index is 2.18. The predicted molar refractivity (Wildman–Crippen MR) is 76.9 cm³/mol. The minimum absolute atomic E-state index is 0.0369. The van der Waals surface area contributed by atoms with Crippen molar-refractivity contribution in [1.82, 2.24) is 9.62 Å². The summed E-state index contributed by atoms with van der Waals surface area (Å²) in [4.78, 5) is -0.183. The maximum Gasteiger partial charge on any atom is 0.244 e. The van der Waals surface area contributed by atoms with E-state index in [1.54, 1.807) is 0 Å². The highest BCUT2D eigenvalue weighted by molar-refractivity contribution is 7.89. The third-order valence-corrected chi connectivity index (χ3v) is 5.78. The van der Waals surface area contributed by atoms with Crippen molar-refractivity contribution >= 4 is 21.6 Å². The van der Waals surface area contributed by atoms with Gasteiger partial charge >= 0.3 is 0 Å². The van der Waals surface area contributed by atoms with Gasteiger partial charge in [-0.25, -0.2) is 12.8 Å². The molecule has 7 heteroatoms. The molecule has 0 saturated carbocycles. The molecule has 0 radical (unpaired) electrons. The molecule has 1 aliphatic rings. The molecule has 0 spiro atoms. The van der Waals surface area contributed by atoms with Gasteiger partial charge in [0.2, 0.25) is 10.0 Å². The summed E-state index contributed by atoms with van der Waals surface area (Å²) in [6.45, 7) is 1.26. The zero-order chi connectivity index (χ0) is 14.8. The van der Waals surface area contributed by atoms with Gasteiger partial charge in [-0.15, -0.1) is 0 Å². The lowest BCUT2D eigenvalue weighted by Gasteiger charge is -2.28. The number of halogens is 2. The number of sulfonamides is 1. The van der Waals surface area contributed by atoms with Crippen molar-refractivity contribution in [3.63, 3.8) is 0 Å². The van der Waals surface area contributed by atoms with Crippen LogP contribution in [0.15, 0.2) is 23.1 Å². The second-order valence-electron chi connectivity index (χ2n) is 5.01. The molecule has 0 aliphatic carbocycles. The number of benzene rings is 1. The number of likely N-dealkylation sites (N-methyl/N-ethyl adjacent to an activating group) is 1. The summed E-state index contributed by atoms with van der Waals surface area (Å²) >= 11 is 5.88. The van der Waals surface area contributed by atoms with Gasteiger partial charge in [0, 0.05) is 19.6 Å². The van der Waals surface area contributed by atoms with Crippen molar-refractivity contribution < 1.29 is 12.8 Å². The lowest BCUT2D eigenvalue weighted by molar-refractivity contribution is 0.337. The van der Waals surface area contributed by atoms with Gasteiger partial charge in [0.15, 0.2) is 0 Å². The first kappa shape index (κ1) is 15.7. The summed E-state index contributed by atoms with van der Waals surface area (Å²) in [7, 11) is -2.28. The molecule has 1 unspecified atom stereocenters. The van der Waals surface area contributed by atoms with Crippen LogP contribution in [-0.4, -0.2) is 38.9 Å². The van der Waals surface area contributed by atoms with Crippen LogP contribution in [0.25, 0.3) is 0 Å². The van der Waals surface area contributed by atoms with Gasteiger partial charge in [0.05, 0.1) is 5.02 Å². The second kappa shape index (κ2) is 6.39. The Kier molecular flexibility index (Phi) is 5.01. The Morgan fingerprint density at radius 2 is 2.20 bits per heavy atom. The molecule has 0 bridgehead atoms. The lowest BCUT2D eigenvalue weighted by atomic mass is 10.1. The van der Waals surface area contributed by atoms with Crippen LogP contribution in [0.5, 0.6) is 0 Å². The average Bonchev–Trinajstić information content (AvgIpc) is 2.42. The van der Waals surface area contributed by atoms with Crippen LogP contribution in [0.1, 0.15) is 19.3 Å². The highest BCUT2D eigenvalue weighted by Gasteiger charge is 2.26. The van der Waals surface area contributed by atoms with Crippen molar-refractivity contribution in [2.24, 2.45) is 0 Å². The van der Waals surface area contributed by atoms with Gasteiger partial charge in [0.1, 0.15) is 10.7 Å². The molecule has 1 fully saturated rings. The largest absolute Gasteiger partial charge is 0.313 e. The van der Waals surface area contributed by atoms with Gasteiger partial charge in [-0.05, 0) is 37.6 Å². The Morgan fingerprint density at radius 1 is 1.45 bits per heavy atom. The van der Waals surface area contributed by atoms with E-state index in [1.165, 1.54) is 17.4 Å². The molecule has 1 aromatic carbocycles. The first-order valence-corrected chi connectivity index (χ1v) is 8.38. The Bertz CT molecular complexity index is 574. The summed E-state index contributed by atoms with van der Waals surface area (Å²) in [5.74, 6) is -0.614. The van der Waals surface area contributed by atoms with Crippen LogP contribution in [-0.2, 0) is 10.0 Å². The normalized spacial score (nSPS) is 20.3. The van der Waals surface area contributed by atoms with Crippen molar-refractivity contribution in [3.05, 3.63) is 29.0 Å². The quantitative estimate of drug-likeness (QED) is 0.925. The van der Waals surface area contributed by atoms with Gasteiger partial charge in [0.25, 0.3) is 0 Å². The van der Waals surface area contributed by atoms with E-state index in [0.29, 0.717) is 6.54 Å². The van der Waals surface area contributed by atoms with E-state index in [-0.39, 0.29) is 16.0 Å². The highest BCUT2D eigenvalue weighted by Crippen LogP contribution is 2.25. The number of hydrogen-bond donors (Lipinski definition) is 1. The van der Waals surface area contributed by atoms with E-state index in [2.05, 4.69) is 5.32 Å². The third-order valence-electron chi connectivity index (χ3n) is 3.47. The Labute approximate surface area is 124 Å². The van der Waals surface area contributed by atoms with Crippen LogP contribution in [0.2, 0.25) is 5.02 Å². The third kappa shape index (κ3) is 3.49. The lowest BCUT2D eigenvalue weighted by Crippen LogP contribution is -2.44. The average molecular weight is 321 g/mol.